The average molecular weight is 400 g/mol. The number of likely N-dealkylation sites (tertiary alicyclic amines) is 1. The van der Waals surface area contributed by atoms with E-state index in [0.717, 1.165) is 51.7 Å². The molecule has 1 aromatic heterocycles. The van der Waals surface area contributed by atoms with Crippen molar-refractivity contribution in [1.82, 2.24) is 10.1 Å². The number of ketones is 2. The maximum Gasteiger partial charge on any atom is 0.184 e. The van der Waals surface area contributed by atoms with Gasteiger partial charge in [-0.15, -0.1) is 0 Å². The molecule has 0 unspecified atom stereocenters. The predicted octanol–water partition coefficient (Wildman–Crippen LogP) is 4.91. The van der Waals surface area contributed by atoms with Crippen LogP contribution in [0, 0.1) is 11.7 Å². The van der Waals surface area contributed by atoms with Crippen molar-refractivity contribution in [2.75, 3.05) is 19.6 Å². The molecule has 1 aromatic carbocycles. The Morgan fingerprint density at radius 3 is 2.59 bits per heavy atom. The zero-order valence-corrected chi connectivity index (χ0v) is 17.0. The van der Waals surface area contributed by atoms with Crippen molar-refractivity contribution < 1.29 is 18.5 Å². The summed E-state index contributed by atoms with van der Waals surface area (Å²) in [6.45, 7) is 5.10. The Morgan fingerprint density at radius 2 is 1.86 bits per heavy atom. The molecule has 1 fully saturated rings. The number of benzene rings is 1. The van der Waals surface area contributed by atoms with Crippen molar-refractivity contribution in [3.05, 3.63) is 41.8 Å². The zero-order valence-electron chi connectivity index (χ0n) is 17.0. The number of hydrogen-bond donors (Lipinski definition) is 0. The Hall–Kier alpha value is -2.34. The molecule has 0 radical (unpaired) electrons. The average Bonchev–Trinajstić information content (AvgIpc) is 3.18. The molecule has 0 N–H and O–H groups in total. The van der Waals surface area contributed by atoms with Gasteiger partial charge in [-0.3, -0.25) is 9.59 Å². The maximum atomic E-state index is 13.0. The highest BCUT2D eigenvalue weighted by Gasteiger charge is 2.27. The number of halogens is 1. The third kappa shape index (κ3) is 6.32. The van der Waals surface area contributed by atoms with Gasteiger partial charge >= 0.3 is 0 Å². The van der Waals surface area contributed by atoms with Gasteiger partial charge in [-0.2, -0.15) is 0 Å². The summed E-state index contributed by atoms with van der Waals surface area (Å²) in [5.41, 5.74) is 1.03. The van der Waals surface area contributed by atoms with E-state index in [1.165, 1.54) is 12.1 Å². The first-order valence-electron chi connectivity index (χ1n) is 10.5. The molecule has 5 nitrogen and oxygen atoms in total. The topological polar surface area (TPSA) is 63.4 Å². The van der Waals surface area contributed by atoms with Crippen LogP contribution in [0.1, 0.15) is 62.4 Å². The molecule has 0 aliphatic carbocycles. The fraction of sp³-hybridized carbons (Fsp3) is 0.522. The molecule has 2 heterocycles. The van der Waals surface area contributed by atoms with Gasteiger partial charge in [0.05, 0.1) is 0 Å². The molecular weight excluding hydrogens is 371 g/mol. The van der Waals surface area contributed by atoms with Crippen LogP contribution in [0.25, 0.3) is 11.3 Å². The van der Waals surface area contributed by atoms with E-state index >= 15 is 0 Å². The van der Waals surface area contributed by atoms with Crippen LogP contribution in [0.5, 0.6) is 0 Å². The molecule has 0 amide bonds. The number of Topliss-reactive ketones (excluding diaryl/α,β-unsaturated/α-hetero) is 2. The van der Waals surface area contributed by atoms with E-state index in [0.29, 0.717) is 41.6 Å². The second-order valence-corrected chi connectivity index (χ2v) is 7.89. The number of nitrogens with zero attached hydrogens (tertiary/aromatic N) is 2. The molecule has 2 aromatic rings. The monoisotopic (exact) mass is 400 g/mol. The lowest BCUT2D eigenvalue weighted by molar-refractivity contribution is -0.121. The first-order chi connectivity index (χ1) is 14.0. The molecule has 29 heavy (non-hydrogen) atoms. The summed E-state index contributed by atoms with van der Waals surface area (Å²) in [7, 11) is 0. The van der Waals surface area contributed by atoms with Crippen LogP contribution in [0.3, 0.4) is 0 Å². The summed E-state index contributed by atoms with van der Waals surface area (Å²) in [5, 5.41) is 3.86. The predicted molar refractivity (Wildman–Crippen MR) is 109 cm³/mol. The van der Waals surface area contributed by atoms with Gasteiger partial charge in [0.15, 0.2) is 11.5 Å². The van der Waals surface area contributed by atoms with E-state index in [2.05, 4.69) is 10.1 Å². The number of unbranched alkanes of at least 4 members (excludes halogenated alkanes) is 3. The molecule has 0 bridgehead atoms. The zero-order chi connectivity index (χ0) is 20.6. The van der Waals surface area contributed by atoms with Gasteiger partial charge < -0.3 is 9.42 Å². The third-order valence-corrected chi connectivity index (χ3v) is 5.50. The second-order valence-electron chi connectivity index (χ2n) is 7.89. The van der Waals surface area contributed by atoms with E-state index in [-0.39, 0.29) is 11.6 Å². The van der Waals surface area contributed by atoms with Gasteiger partial charge in [-0.25, -0.2) is 4.39 Å². The minimum absolute atomic E-state index is 0.0201. The first-order valence-corrected chi connectivity index (χ1v) is 10.5. The fourth-order valence-electron chi connectivity index (χ4n) is 3.71. The van der Waals surface area contributed by atoms with Gasteiger partial charge in [0, 0.05) is 44.0 Å². The highest BCUT2D eigenvalue weighted by Crippen LogP contribution is 2.22. The van der Waals surface area contributed by atoms with Gasteiger partial charge in [0.2, 0.25) is 0 Å². The molecule has 0 saturated carbocycles. The number of hydrogen-bond acceptors (Lipinski definition) is 5. The molecule has 6 heteroatoms. The van der Waals surface area contributed by atoms with Crippen molar-refractivity contribution in [3.8, 4) is 11.3 Å². The SMILES string of the molecule is CCC(=O)CC1CN(CCCCCCC(=O)c2cc(-c3ccc(F)cc3)on2)C1. The van der Waals surface area contributed by atoms with Crippen LogP contribution in [0.2, 0.25) is 0 Å². The van der Waals surface area contributed by atoms with Gasteiger partial charge in [-0.05, 0) is 49.6 Å². The quantitative estimate of drug-likeness (QED) is 0.374. The summed E-state index contributed by atoms with van der Waals surface area (Å²) in [6, 6.07) is 7.53. The minimum atomic E-state index is -0.315. The summed E-state index contributed by atoms with van der Waals surface area (Å²) in [5.74, 6) is 1.07. The molecule has 0 atom stereocenters. The molecule has 3 rings (SSSR count). The van der Waals surface area contributed by atoms with Gasteiger partial charge in [0.25, 0.3) is 0 Å². The van der Waals surface area contributed by atoms with Crippen molar-refractivity contribution in [3.63, 3.8) is 0 Å². The Kier molecular flexibility index (Phi) is 7.69. The molecule has 0 spiro atoms. The van der Waals surface area contributed by atoms with Crippen LogP contribution in [-0.2, 0) is 4.79 Å². The van der Waals surface area contributed by atoms with E-state index in [9.17, 15) is 14.0 Å². The summed E-state index contributed by atoms with van der Waals surface area (Å²) < 4.78 is 18.2. The normalized spacial score (nSPS) is 14.7. The van der Waals surface area contributed by atoms with Crippen LogP contribution in [0.15, 0.2) is 34.9 Å². The number of carbonyl (C=O) groups is 2. The van der Waals surface area contributed by atoms with Crippen molar-refractivity contribution in [1.29, 1.82) is 0 Å². The summed E-state index contributed by atoms with van der Waals surface area (Å²) >= 11 is 0. The summed E-state index contributed by atoms with van der Waals surface area (Å²) in [6.07, 6.45) is 5.92. The lowest BCUT2D eigenvalue weighted by Gasteiger charge is -2.39. The maximum absolute atomic E-state index is 13.0. The lowest BCUT2D eigenvalue weighted by atomic mass is 9.93. The molecule has 156 valence electrons. The molecule has 1 aliphatic heterocycles. The Morgan fingerprint density at radius 1 is 1.14 bits per heavy atom. The third-order valence-electron chi connectivity index (χ3n) is 5.50. The van der Waals surface area contributed by atoms with Crippen LogP contribution >= 0.6 is 0 Å². The van der Waals surface area contributed by atoms with Crippen molar-refractivity contribution in [2.45, 2.75) is 51.9 Å². The van der Waals surface area contributed by atoms with E-state index in [1.807, 2.05) is 6.92 Å². The highest BCUT2D eigenvalue weighted by molar-refractivity contribution is 5.94. The molecule has 1 saturated heterocycles. The van der Waals surface area contributed by atoms with E-state index in [4.69, 9.17) is 4.52 Å². The van der Waals surface area contributed by atoms with Crippen molar-refractivity contribution in [2.24, 2.45) is 5.92 Å². The number of rotatable bonds is 12. The summed E-state index contributed by atoms with van der Waals surface area (Å²) in [4.78, 5) is 26.1. The molecule has 1 aliphatic rings. The Balaban J connectivity index is 1.27. The van der Waals surface area contributed by atoms with Gasteiger partial charge in [-0.1, -0.05) is 24.9 Å². The standard InChI is InChI=1S/C23H29FN2O3/c1-2-20(27)13-17-15-26(16-17)12-6-4-3-5-7-22(28)21-14-23(29-25-21)18-8-10-19(24)11-9-18/h8-11,14,17H,2-7,12-13,15-16H2,1H3. The Labute approximate surface area is 171 Å². The largest absolute Gasteiger partial charge is 0.356 e. The highest BCUT2D eigenvalue weighted by atomic mass is 19.1. The van der Waals surface area contributed by atoms with Crippen molar-refractivity contribution >= 4 is 11.6 Å². The van der Waals surface area contributed by atoms with Crippen LogP contribution < -0.4 is 0 Å². The van der Waals surface area contributed by atoms with Crippen LogP contribution in [0.4, 0.5) is 4.39 Å². The van der Waals surface area contributed by atoms with Gasteiger partial charge in [0.1, 0.15) is 17.3 Å². The van der Waals surface area contributed by atoms with E-state index in [1.54, 1.807) is 18.2 Å². The second kappa shape index (κ2) is 10.4. The molecular formula is C23H29FN2O3. The smallest absolute Gasteiger partial charge is 0.184 e. The minimum Gasteiger partial charge on any atom is -0.356 e. The van der Waals surface area contributed by atoms with Crippen LogP contribution in [-0.4, -0.2) is 41.3 Å². The number of carbonyl (C=O) groups excluding carboxylic acids is 2. The Bertz CT molecular complexity index is 810. The fourth-order valence-corrected chi connectivity index (χ4v) is 3.71. The lowest BCUT2D eigenvalue weighted by Crippen LogP contribution is -2.47. The van der Waals surface area contributed by atoms with E-state index < -0.39 is 0 Å². The number of aromatic nitrogens is 1. The first kappa shape index (κ1) is 21.4.